The molecule has 1 aromatic rings. The van der Waals surface area contributed by atoms with Crippen LogP contribution in [0.1, 0.15) is 25.0 Å². The molecule has 122 valence electrons. The van der Waals surface area contributed by atoms with E-state index in [4.69, 9.17) is 10.2 Å². The highest BCUT2D eigenvalue weighted by atomic mass is 35.5. The van der Waals surface area contributed by atoms with Gasteiger partial charge >= 0.3 is 5.88 Å². The Morgan fingerprint density at radius 1 is 1.45 bits per heavy atom. The molecule has 0 radical (unpaired) electrons. The average Bonchev–Trinajstić information content (AvgIpc) is 2.96. The minimum atomic E-state index is -0.742. The molecule has 1 aliphatic heterocycles. The number of carbonyl (C=O) groups excluding carboxylic acids is 1. The van der Waals surface area contributed by atoms with Gasteiger partial charge in [-0.15, -0.1) is 12.4 Å². The van der Waals surface area contributed by atoms with E-state index in [-0.39, 0.29) is 24.1 Å². The Balaban J connectivity index is 0.00000242. The van der Waals surface area contributed by atoms with Crippen molar-refractivity contribution in [3.8, 4) is 0 Å². The van der Waals surface area contributed by atoms with Crippen LogP contribution in [0.5, 0.6) is 0 Å². The first-order valence-corrected chi connectivity index (χ1v) is 6.64. The monoisotopic (exact) mass is 331 g/mol. The number of nitrogens with one attached hydrogen (secondary N) is 1. The summed E-state index contributed by atoms with van der Waals surface area (Å²) >= 11 is 0. The third kappa shape index (κ3) is 4.79. The number of furan rings is 1. The highest BCUT2D eigenvalue weighted by Gasteiger charge is 2.22. The minimum Gasteiger partial charge on any atom is -0.400 e. The number of nitrogens with zero attached hydrogens (tertiary/aromatic N) is 3. The standard InChI is InChI=1S/C12H17N5O4.ClH/c13-11(16-6-2-1-3-7-16)12(18)15-14-8-9-4-5-10(21-9)17(19)20;/h4-5,8,11H,1-3,6-7,13H2,(H,15,18);1H/b14-8+;. The van der Waals surface area contributed by atoms with Crippen molar-refractivity contribution < 1.29 is 14.1 Å². The predicted octanol–water partition coefficient (Wildman–Crippen LogP) is 0.830. The van der Waals surface area contributed by atoms with E-state index in [1.165, 1.54) is 18.3 Å². The SMILES string of the molecule is Cl.NC(C(=O)N/N=C/c1ccc([N+](=O)[O-])o1)N1CCCCC1. The maximum Gasteiger partial charge on any atom is 0.433 e. The number of nitrogens with two attached hydrogens (primary N) is 1. The number of halogens is 1. The van der Waals surface area contributed by atoms with Crippen molar-refractivity contribution in [2.75, 3.05) is 13.1 Å². The molecule has 9 nitrogen and oxygen atoms in total. The summed E-state index contributed by atoms with van der Waals surface area (Å²) in [6, 6.07) is 2.60. The van der Waals surface area contributed by atoms with Gasteiger partial charge in [0.15, 0.2) is 5.76 Å². The van der Waals surface area contributed by atoms with Gasteiger partial charge in [0.05, 0.1) is 12.3 Å². The normalized spacial score (nSPS) is 17.0. The van der Waals surface area contributed by atoms with Gasteiger partial charge in [-0.1, -0.05) is 6.42 Å². The lowest BCUT2D eigenvalue weighted by atomic mass is 10.1. The molecular formula is C12H18ClN5O4. The fraction of sp³-hybridized carbons (Fsp3) is 0.500. The number of nitro groups is 1. The maximum absolute atomic E-state index is 11.8. The first-order valence-electron chi connectivity index (χ1n) is 6.64. The van der Waals surface area contributed by atoms with Crippen molar-refractivity contribution in [1.82, 2.24) is 10.3 Å². The van der Waals surface area contributed by atoms with Gasteiger partial charge in [0.2, 0.25) is 0 Å². The van der Waals surface area contributed by atoms with Gasteiger partial charge in [-0.2, -0.15) is 5.10 Å². The van der Waals surface area contributed by atoms with E-state index in [1.54, 1.807) is 0 Å². The van der Waals surface area contributed by atoms with Crippen molar-refractivity contribution >= 4 is 30.4 Å². The molecule has 10 heteroatoms. The molecule has 0 saturated carbocycles. The van der Waals surface area contributed by atoms with Crippen LogP contribution in [0.3, 0.4) is 0 Å². The fourth-order valence-corrected chi connectivity index (χ4v) is 2.10. The zero-order valence-electron chi connectivity index (χ0n) is 11.8. The van der Waals surface area contributed by atoms with Crippen molar-refractivity contribution in [2.24, 2.45) is 10.8 Å². The van der Waals surface area contributed by atoms with E-state index in [1.807, 2.05) is 4.90 Å². The summed E-state index contributed by atoms with van der Waals surface area (Å²) in [5, 5.41) is 14.1. The van der Waals surface area contributed by atoms with Crippen molar-refractivity contribution in [1.29, 1.82) is 0 Å². The zero-order valence-corrected chi connectivity index (χ0v) is 12.6. The maximum atomic E-state index is 11.8. The second-order valence-electron chi connectivity index (χ2n) is 4.71. The van der Waals surface area contributed by atoms with Gasteiger partial charge < -0.3 is 10.2 Å². The van der Waals surface area contributed by atoms with E-state index < -0.39 is 17.0 Å². The highest BCUT2D eigenvalue weighted by molar-refractivity contribution is 5.85. The smallest absolute Gasteiger partial charge is 0.400 e. The van der Waals surface area contributed by atoms with Gasteiger partial charge in [-0.3, -0.25) is 19.8 Å². The Bertz CT molecular complexity index is 541. The second kappa shape index (κ2) is 8.47. The molecule has 2 heterocycles. The molecule has 22 heavy (non-hydrogen) atoms. The Hall–Kier alpha value is -1.97. The van der Waals surface area contributed by atoms with Gasteiger partial charge in [-0.25, -0.2) is 5.43 Å². The van der Waals surface area contributed by atoms with E-state index in [9.17, 15) is 14.9 Å². The number of rotatable bonds is 5. The van der Waals surface area contributed by atoms with Crippen molar-refractivity contribution in [3.05, 3.63) is 28.0 Å². The van der Waals surface area contributed by atoms with Gasteiger partial charge in [0.25, 0.3) is 5.91 Å². The minimum absolute atomic E-state index is 0. The lowest BCUT2D eigenvalue weighted by Crippen LogP contribution is -2.53. The number of carbonyl (C=O) groups is 1. The second-order valence-corrected chi connectivity index (χ2v) is 4.71. The summed E-state index contributed by atoms with van der Waals surface area (Å²) in [6.45, 7) is 1.59. The number of amides is 1. The summed E-state index contributed by atoms with van der Waals surface area (Å²) in [5.74, 6) is -0.629. The molecule has 0 aliphatic carbocycles. The fourth-order valence-electron chi connectivity index (χ4n) is 2.10. The Labute approximate surface area is 133 Å². The topological polar surface area (TPSA) is 127 Å². The first kappa shape index (κ1) is 18.1. The third-order valence-electron chi connectivity index (χ3n) is 3.21. The highest BCUT2D eigenvalue weighted by Crippen LogP contribution is 2.13. The molecule has 3 N–H and O–H groups in total. The molecule has 1 aromatic heterocycles. The van der Waals surface area contributed by atoms with Crippen LogP contribution in [0.25, 0.3) is 0 Å². The number of hydrogen-bond donors (Lipinski definition) is 2. The number of likely N-dealkylation sites (tertiary alicyclic amines) is 1. The Morgan fingerprint density at radius 2 is 2.14 bits per heavy atom. The molecule has 1 saturated heterocycles. The van der Waals surface area contributed by atoms with Gasteiger partial charge in [0.1, 0.15) is 11.1 Å². The van der Waals surface area contributed by atoms with E-state index >= 15 is 0 Å². The van der Waals surface area contributed by atoms with E-state index in [0.717, 1.165) is 32.4 Å². The number of hydrazone groups is 1. The predicted molar refractivity (Wildman–Crippen MR) is 81.7 cm³/mol. The van der Waals surface area contributed by atoms with Gasteiger partial charge in [-0.05, 0) is 18.9 Å². The molecule has 1 unspecified atom stereocenters. The molecular weight excluding hydrogens is 314 g/mol. The number of piperidine rings is 1. The van der Waals surface area contributed by atoms with Crippen LogP contribution in [0.4, 0.5) is 5.88 Å². The quantitative estimate of drug-likeness (QED) is 0.467. The van der Waals surface area contributed by atoms with E-state index in [2.05, 4.69) is 10.5 Å². The Kier molecular flexibility index (Phi) is 6.96. The summed E-state index contributed by atoms with van der Waals surface area (Å²) < 4.78 is 4.86. The van der Waals surface area contributed by atoms with Crippen LogP contribution in [-0.2, 0) is 4.79 Å². The van der Waals surface area contributed by atoms with Crippen LogP contribution in [0.2, 0.25) is 0 Å². The lowest BCUT2D eigenvalue weighted by Gasteiger charge is -2.30. The number of hydrogen-bond acceptors (Lipinski definition) is 7. The van der Waals surface area contributed by atoms with Crippen LogP contribution in [0.15, 0.2) is 21.7 Å². The van der Waals surface area contributed by atoms with Crippen LogP contribution < -0.4 is 11.2 Å². The molecule has 1 fully saturated rings. The first-order chi connectivity index (χ1) is 10.1. The third-order valence-corrected chi connectivity index (χ3v) is 3.21. The van der Waals surface area contributed by atoms with Gasteiger partial charge in [0, 0.05) is 13.1 Å². The molecule has 0 bridgehead atoms. The van der Waals surface area contributed by atoms with Crippen LogP contribution >= 0.6 is 12.4 Å². The van der Waals surface area contributed by atoms with E-state index in [0.29, 0.717) is 0 Å². The summed E-state index contributed by atoms with van der Waals surface area (Å²) in [5.41, 5.74) is 8.14. The van der Waals surface area contributed by atoms with Crippen LogP contribution in [-0.4, -0.2) is 41.2 Å². The summed E-state index contributed by atoms with van der Waals surface area (Å²) in [6.07, 6.45) is 3.66. The molecule has 1 aliphatic rings. The van der Waals surface area contributed by atoms with Crippen molar-refractivity contribution in [3.63, 3.8) is 0 Å². The summed E-state index contributed by atoms with van der Waals surface area (Å²) in [4.78, 5) is 23.5. The zero-order chi connectivity index (χ0) is 15.2. The van der Waals surface area contributed by atoms with Crippen molar-refractivity contribution in [2.45, 2.75) is 25.4 Å². The Morgan fingerprint density at radius 3 is 2.73 bits per heavy atom. The average molecular weight is 332 g/mol. The molecule has 0 spiro atoms. The van der Waals surface area contributed by atoms with Crippen LogP contribution in [0, 0.1) is 10.1 Å². The largest absolute Gasteiger partial charge is 0.433 e. The molecule has 1 atom stereocenters. The molecule has 1 amide bonds. The molecule has 0 aromatic carbocycles. The lowest BCUT2D eigenvalue weighted by molar-refractivity contribution is -0.402. The summed E-state index contributed by atoms with van der Waals surface area (Å²) in [7, 11) is 0. The molecule has 2 rings (SSSR count).